The second kappa shape index (κ2) is 6.71. The van der Waals surface area contributed by atoms with Crippen LogP contribution in [0.1, 0.15) is 105 Å². The SMILES string of the molecule is CC(C)(C)c1cc2c(c(C(C)(C)C)c1)C(C(C)(C)C)(C(C)(C)C)c1cccc(Br)c1-2. The molecule has 0 spiro atoms. The van der Waals surface area contributed by atoms with Gasteiger partial charge in [-0.3, -0.25) is 0 Å². The van der Waals surface area contributed by atoms with Crippen LogP contribution in [0.3, 0.4) is 0 Å². The van der Waals surface area contributed by atoms with Gasteiger partial charge in [0.05, 0.1) is 0 Å². The lowest BCUT2D eigenvalue weighted by atomic mass is 9.48. The molecule has 0 N–H and O–H groups in total. The Morgan fingerprint density at radius 3 is 1.67 bits per heavy atom. The fourth-order valence-corrected chi connectivity index (χ4v) is 6.78. The standard InChI is InChI=1S/C29H41Br/c1-25(2,3)18-16-19-23-20(14-13-15-22(23)30)29(27(7,8)9,28(10,11)12)24(19)21(17-18)26(4,5)6/h13-17H,1-12H3. The molecule has 0 nitrogen and oxygen atoms in total. The van der Waals surface area contributed by atoms with Gasteiger partial charge in [0, 0.05) is 15.5 Å². The highest BCUT2D eigenvalue weighted by atomic mass is 79.9. The van der Waals surface area contributed by atoms with E-state index < -0.39 is 0 Å². The molecule has 30 heavy (non-hydrogen) atoms. The van der Waals surface area contributed by atoms with E-state index >= 15 is 0 Å². The van der Waals surface area contributed by atoms with Gasteiger partial charge in [-0.15, -0.1) is 0 Å². The molecule has 0 atom stereocenters. The first kappa shape index (κ1) is 23.6. The van der Waals surface area contributed by atoms with Crippen molar-refractivity contribution in [1.29, 1.82) is 0 Å². The van der Waals surface area contributed by atoms with Gasteiger partial charge in [-0.1, -0.05) is 123 Å². The predicted octanol–water partition coefficient (Wildman–Crippen LogP) is 9.40. The fourth-order valence-electron chi connectivity index (χ4n) is 6.20. The van der Waals surface area contributed by atoms with E-state index in [2.05, 4.69) is 129 Å². The van der Waals surface area contributed by atoms with Gasteiger partial charge in [-0.05, 0) is 55.5 Å². The van der Waals surface area contributed by atoms with E-state index in [0.29, 0.717) is 0 Å². The van der Waals surface area contributed by atoms with E-state index in [1.165, 1.54) is 32.3 Å². The lowest BCUT2D eigenvalue weighted by Crippen LogP contribution is -2.51. The summed E-state index contributed by atoms with van der Waals surface area (Å²) in [5.41, 5.74) is 8.94. The maximum atomic E-state index is 3.95. The van der Waals surface area contributed by atoms with Crippen LogP contribution in [0.5, 0.6) is 0 Å². The van der Waals surface area contributed by atoms with Crippen molar-refractivity contribution in [2.45, 2.75) is 99.3 Å². The third-order valence-electron chi connectivity index (χ3n) is 7.12. The first-order valence-corrected chi connectivity index (χ1v) is 12.1. The lowest BCUT2D eigenvalue weighted by molar-refractivity contribution is 0.0933. The summed E-state index contributed by atoms with van der Waals surface area (Å²) in [6.45, 7) is 28.7. The van der Waals surface area contributed by atoms with E-state index in [1.807, 2.05) is 0 Å². The molecule has 2 aromatic rings. The van der Waals surface area contributed by atoms with Crippen molar-refractivity contribution in [3.8, 4) is 11.1 Å². The molecule has 0 aromatic heterocycles. The van der Waals surface area contributed by atoms with Crippen LogP contribution in [-0.2, 0) is 16.2 Å². The minimum absolute atomic E-state index is 0.0509. The smallest absolute Gasteiger partial charge is 0.0315 e. The normalized spacial score (nSPS) is 16.4. The summed E-state index contributed by atoms with van der Waals surface area (Å²) in [5, 5.41) is 0. The van der Waals surface area contributed by atoms with Crippen LogP contribution >= 0.6 is 15.9 Å². The molecule has 3 rings (SSSR count). The molecule has 0 saturated heterocycles. The Hall–Kier alpha value is -1.08. The fraction of sp³-hybridized carbons (Fsp3) is 0.586. The Kier molecular flexibility index (Phi) is 5.27. The van der Waals surface area contributed by atoms with Gasteiger partial charge < -0.3 is 0 Å². The van der Waals surface area contributed by atoms with E-state index in [9.17, 15) is 0 Å². The van der Waals surface area contributed by atoms with Crippen molar-refractivity contribution in [3.05, 3.63) is 57.1 Å². The zero-order valence-electron chi connectivity index (χ0n) is 21.3. The Balaban J connectivity index is 2.69. The molecule has 0 heterocycles. The number of benzene rings is 2. The molecule has 0 fully saturated rings. The summed E-state index contributed by atoms with van der Waals surface area (Å²) in [5.74, 6) is 0. The summed E-state index contributed by atoms with van der Waals surface area (Å²) < 4.78 is 1.21. The zero-order chi connectivity index (χ0) is 23.1. The second-order valence-corrected chi connectivity index (χ2v) is 14.2. The van der Waals surface area contributed by atoms with E-state index in [0.717, 1.165) is 0 Å². The minimum atomic E-state index is -0.0898. The average molecular weight is 470 g/mol. The van der Waals surface area contributed by atoms with Crippen LogP contribution in [0.15, 0.2) is 34.8 Å². The highest BCUT2D eigenvalue weighted by molar-refractivity contribution is 9.10. The third-order valence-corrected chi connectivity index (χ3v) is 7.79. The molecule has 0 bridgehead atoms. The third kappa shape index (κ3) is 3.22. The Bertz CT molecular complexity index is 965. The molecule has 2 aromatic carbocycles. The lowest BCUT2D eigenvalue weighted by Gasteiger charge is -2.54. The summed E-state index contributed by atoms with van der Waals surface area (Å²) in [6, 6.07) is 11.8. The monoisotopic (exact) mass is 468 g/mol. The molecule has 0 radical (unpaired) electrons. The van der Waals surface area contributed by atoms with Gasteiger partial charge in [-0.2, -0.15) is 0 Å². The van der Waals surface area contributed by atoms with Crippen molar-refractivity contribution >= 4 is 15.9 Å². The Morgan fingerprint density at radius 2 is 1.23 bits per heavy atom. The first-order chi connectivity index (χ1) is 13.3. The highest BCUT2D eigenvalue weighted by Crippen LogP contribution is 2.67. The number of fused-ring (bicyclic) bond motifs is 3. The summed E-state index contributed by atoms with van der Waals surface area (Å²) >= 11 is 3.95. The second-order valence-electron chi connectivity index (χ2n) is 13.4. The van der Waals surface area contributed by atoms with Gasteiger partial charge in [0.2, 0.25) is 0 Å². The van der Waals surface area contributed by atoms with Crippen LogP contribution in [0.4, 0.5) is 0 Å². The van der Waals surface area contributed by atoms with E-state index in [1.54, 1.807) is 5.56 Å². The van der Waals surface area contributed by atoms with Gasteiger partial charge in [0.1, 0.15) is 0 Å². The first-order valence-electron chi connectivity index (χ1n) is 11.3. The van der Waals surface area contributed by atoms with Crippen LogP contribution in [-0.4, -0.2) is 0 Å². The molecule has 0 amide bonds. The zero-order valence-corrected chi connectivity index (χ0v) is 22.9. The summed E-state index contributed by atoms with van der Waals surface area (Å²) in [4.78, 5) is 0. The highest BCUT2D eigenvalue weighted by Gasteiger charge is 2.59. The largest absolute Gasteiger partial charge is 0.0608 e. The molecule has 1 heteroatoms. The molecular formula is C29H41Br. The molecule has 0 aliphatic heterocycles. The molecular weight excluding hydrogens is 428 g/mol. The van der Waals surface area contributed by atoms with Crippen molar-refractivity contribution in [2.75, 3.05) is 0 Å². The maximum Gasteiger partial charge on any atom is 0.0315 e. The van der Waals surface area contributed by atoms with E-state index in [-0.39, 0.29) is 27.1 Å². The van der Waals surface area contributed by atoms with Crippen LogP contribution in [0.2, 0.25) is 0 Å². The number of hydrogen-bond donors (Lipinski definition) is 0. The topological polar surface area (TPSA) is 0 Å². The van der Waals surface area contributed by atoms with Crippen LogP contribution in [0, 0.1) is 10.8 Å². The summed E-state index contributed by atoms with van der Waals surface area (Å²) in [6.07, 6.45) is 0. The number of halogens is 1. The number of hydrogen-bond acceptors (Lipinski definition) is 0. The molecule has 1 aliphatic rings. The Morgan fingerprint density at radius 1 is 0.700 bits per heavy atom. The molecule has 164 valence electrons. The predicted molar refractivity (Wildman–Crippen MR) is 137 cm³/mol. The summed E-state index contributed by atoms with van der Waals surface area (Å²) in [7, 11) is 0. The molecule has 0 saturated carbocycles. The molecule has 0 unspecified atom stereocenters. The van der Waals surface area contributed by atoms with Crippen LogP contribution < -0.4 is 0 Å². The molecule has 1 aliphatic carbocycles. The van der Waals surface area contributed by atoms with Crippen LogP contribution in [0.25, 0.3) is 11.1 Å². The Labute approximate surface area is 194 Å². The quantitative estimate of drug-likeness (QED) is 0.360. The van der Waals surface area contributed by atoms with Crippen molar-refractivity contribution in [1.82, 2.24) is 0 Å². The van der Waals surface area contributed by atoms with Gasteiger partial charge in [0.25, 0.3) is 0 Å². The average Bonchev–Trinajstić information content (AvgIpc) is 2.83. The van der Waals surface area contributed by atoms with Gasteiger partial charge in [-0.25, -0.2) is 0 Å². The van der Waals surface area contributed by atoms with Crippen molar-refractivity contribution in [3.63, 3.8) is 0 Å². The maximum absolute atomic E-state index is 3.95. The van der Waals surface area contributed by atoms with E-state index in [4.69, 9.17) is 0 Å². The van der Waals surface area contributed by atoms with Crippen molar-refractivity contribution in [2.24, 2.45) is 10.8 Å². The number of rotatable bonds is 0. The minimum Gasteiger partial charge on any atom is -0.0608 e. The van der Waals surface area contributed by atoms with Crippen molar-refractivity contribution < 1.29 is 0 Å². The van der Waals surface area contributed by atoms with Gasteiger partial charge in [0.15, 0.2) is 0 Å². The van der Waals surface area contributed by atoms with Gasteiger partial charge >= 0.3 is 0 Å².